The molecule has 3 nitrogen and oxygen atoms in total. The molecule has 0 atom stereocenters. The zero-order valence-corrected chi connectivity index (χ0v) is 12.4. The summed E-state index contributed by atoms with van der Waals surface area (Å²) in [6.45, 7) is 0.478. The van der Waals surface area contributed by atoms with Crippen molar-refractivity contribution >= 4 is 27.5 Å². The Morgan fingerprint density at radius 3 is 2.40 bits per heavy atom. The quantitative estimate of drug-likeness (QED) is 0.734. The summed E-state index contributed by atoms with van der Waals surface area (Å²) < 4.78 is 36.5. The first-order chi connectivity index (χ1) is 9.37. The SMILES string of the molecule is O=C(CNCCCCC(F)(F)F)Nc1ccc(Br)cc1. The largest absolute Gasteiger partial charge is 0.389 e. The van der Waals surface area contributed by atoms with E-state index in [4.69, 9.17) is 0 Å². The molecular formula is C13H16BrF3N2O. The number of halogens is 4. The molecule has 1 amide bonds. The molecule has 0 fully saturated rings. The fourth-order valence-electron chi connectivity index (χ4n) is 1.52. The average Bonchev–Trinajstić information content (AvgIpc) is 2.35. The lowest BCUT2D eigenvalue weighted by molar-refractivity contribution is -0.135. The minimum Gasteiger partial charge on any atom is -0.325 e. The van der Waals surface area contributed by atoms with Crippen LogP contribution in [0.25, 0.3) is 0 Å². The Balaban J connectivity index is 2.10. The number of rotatable bonds is 7. The summed E-state index contributed by atoms with van der Waals surface area (Å²) in [6, 6.07) is 7.12. The minimum absolute atomic E-state index is 0.0742. The summed E-state index contributed by atoms with van der Waals surface area (Å²) >= 11 is 3.29. The fourth-order valence-corrected chi connectivity index (χ4v) is 1.78. The summed E-state index contributed by atoms with van der Waals surface area (Å²) in [7, 11) is 0. The Morgan fingerprint density at radius 1 is 1.15 bits per heavy atom. The lowest BCUT2D eigenvalue weighted by Gasteiger charge is -2.08. The van der Waals surface area contributed by atoms with Gasteiger partial charge in [-0.25, -0.2) is 0 Å². The fraction of sp³-hybridized carbons (Fsp3) is 0.462. The number of nitrogens with one attached hydrogen (secondary N) is 2. The number of carbonyl (C=O) groups excluding carboxylic acids is 1. The van der Waals surface area contributed by atoms with Crippen molar-refractivity contribution in [3.05, 3.63) is 28.7 Å². The first kappa shape index (κ1) is 17.0. The molecule has 0 aromatic heterocycles. The molecule has 0 saturated carbocycles. The van der Waals surface area contributed by atoms with Crippen molar-refractivity contribution in [3.63, 3.8) is 0 Å². The highest BCUT2D eigenvalue weighted by molar-refractivity contribution is 9.10. The van der Waals surface area contributed by atoms with Gasteiger partial charge in [0, 0.05) is 16.6 Å². The number of carbonyl (C=O) groups is 1. The Kier molecular flexibility index (Phi) is 7.01. The molecule has 7 heteroatoms. The Morgan fingerprint density at radius 2 is 1.80 bits per heavy atom. The van der Waals surface area contributed by atoms with Gasteiger partial charge in [-0.15, -0.1) is 0 Å². The molecule has 112 valence electrons. The van der Waals surface area contributed by atoms with Gasteiger partial charge in [-0.1, -0.05) is 15.9 Å². The highest BCUT2D eigenvalue weighted by Crippen LogP contribution is 2.21. The topological polar surface area (TPSA) is 41.1 Å². The average molecular weight is 353 g/mol. The predicted octanol–water partition coefficient (Wildman–Crippen LogP) is 3.71. The monoisotopic (exact) mass is 352 g/mol. The van der Waals surface area contributed by atoms with E-state index in [-0.39, 0.29) is 18.9 Å². The molecule has 0 aliphatic heterocycles. The second-order valence-electron chi connectivity index (χ2n) is 4.30. The van der Waals surface area contributed by atoms with Crippen molar-refractivity contribution in [2.24, 2.45) is 0 Å². The Hall–Kier alpha value is -1.08. The Bertz CT molecular complexity index is 421. The molecule has 1 aromatic rings. The molecule has 2 N–H and O–H groups in total. The van der Waals surface area contributed by atoms with Crippen molar-refractivity contribution in [1.29, 1.82) is 0 Å². The van der Waals surface area contributed by atoms with Crippen LogP contribution >= 0.6 is 15.9 Å². The van der Waals surface area contributed by atoms with E-state index in [9.17, 15) is 18.0 Å². The number of anilines is 1. The molecule has 0 bridgehead atoms. The van der Waals surface area contributed by atoms with E-state index < -0.39 is 12.6 Å². The number of alkyl halides is 3. The standard InChI is InChI=1S/C13H16BrF3N2O/c14-10-3-5-11(6-4-10)19-12(20)9-18-8-2-1-7-13(15,16)17/h3-6,18H,1-2,7-9H2,(H,19,20). The number of amides is 1. The van der Waals surface area contributed by atoms with E-state index in [0.717, 1.165) is 4.47 Å². The van der Waals surface area contributed by atoms with E-state index in [2.05, 4.69) is 26.6 Å². The molecule has 0 spiro atoms. The van der Waals surface area contributed by atoms with Gasteiger partial charge in [-0.2, -0.15) is 13.2 Å². The third-order valence-electron chi connectivity index (χ3n) is 2.48. The molecule has 0 unspecified atom stereocenters. The van der Waals surface area contributed by atoms with Gasteiger partial charge < -0.3 is 10.6 Å². The van der Waals surface area contributed by atoms with E-state index in [1.165, 1.54) is 0 Å². The second kappa shape index (κ2) is 8.26. The van der Waals surface area contributed by atoms with Crippen molar-refractivity contribution in [1.82, 2.24) is 5.32 Å². The van der Waals surface area contributed by atoms with Crippen molar-refractivity contribution in [3.8, 4) is 0 Å². The van der Waals surface area contributed by atoms with E-state index in [0.29, 0.717) is 18.7 Å². The van der Waals surface area contributed by atoms with Gasteiger partial charge in [-0.3, -0.25) is 4.79 Å². The van der Waals surface area contributed by atoms with Crippen LogP contribution in [-0.4, -0.2) is 25.2 Å². The normalized spacial score (nSPS) is 11.4. The van der Waals surface area contributed by atoms with Crippen molar-refractivity contribution < 1.29 is 18.0 Å². The molecule has 20 heavy (non-hydrogen) atoms. The third kappa shape index (κ3) is 8.16. The first-order valence-corrected chi connectivity index (χ1v) is 6.99. The maximum absolute atomic E-state index is 11.9. The summed E-state index contributed by atoms with van der Waals surface area (Å²) in [5.74, 6) is -0.219. The van der Waals surface area contributed by atoms with E-state index in [1.54, 1.807) is 24.3 Å². The zero-order chi connectivity index (χ0) is 15.0. The van der Waals surface area contributed by atoms with Crippen LogP contribution in [0.4, 0.5) is 18.9 Å². The van der Waals surface area contributed by atoms with E-state index in [1.807, 2.05) is 0 Å². The van der Waals surface area contributed by atoms with Crippen molar-refractivity contribution in [2.45, 2.75) is 25.4 Å². The van der Waals surface area contributed by atoms with Crippen molar-refractivity contribution in [2.75, 3.05) is 18.4 Å². The van der Waals surface area contributed by atoms with Crippen LogP contribution in [0.1, 0.15) is 19.3 Å². The van der Waals surface area contributed by atoms with Gasteiger partial charge in [0.25, 0.3) is 0 Å². The van der Waals surface area contributed by atoms with E-state index >= 15 is 0 Å². The van der Waals surface area contributed by atoms with Gasteiger partial charge in [-0.05, 0) is 43.7 Å². The predicted molar refractivity (Wildman–Crippen MR) is 75.5 cm³/mol. The molecule has 0 aliphatic carbocycles. The van der Waals surface area contributed by atoms with Gasteiger partial charge in [0.15, 0.2) is 0 Å². The summed E-state index contributed by atoms with van der Waals surface area (Å²) in [5.41, 5.74) is 0.678. The molecule has 1 aromatic carbocycles. The van der Waals surface area contributed by atoms with Crippen LogP contribution in [0.15, 0.2) is 28.7 Å². The van der Waals surface area contributed by atoms with Crippen LogP contribution in [0.3, 0.4) is 0 Å². The summed E-state index contributed by atoms with van der Waals surface area (Å²) in [4.78, 5) is 11.5. The number of hydrogen-bond donors (Lipinski definition) is 2. The van der Waals surface area contributed by atoms with Gasteiger partial charge in [0.2, 0.25) is 5.91 Å². The molecule has 0 heterocycles. The number of unbranched alkanes of at least 4 members (excludes halogenated alkanes) is 1. The lowest BCUT2D eigenvalue weighted by Crippen LogP contribution is -2.28. The maximum atomic E-state index is 11.9. The Labute approximate surface area is 124 Å². The van der Waals surface area contributed by atoms with Crippen LogP contribution < -0.4 is 10.6 Å². The van der Waals surface area contributed by atoms with Crippen LogP contribution in [0.5, 0.6) is 0 Å². The number of hydrogen-bond acceptors (Lipinski definition) is 2. The lowest BCUT2D eigenvalue weighted by atomic mass is 10.2. The van der Waals surface area contributed by atoms with Gasteiger partial charge >= 0.3 is 6.18 Å². The number of benzene rings is 1. The maximum Gasteiger partial charge on any atom is 0.389 e. The highest BCUT2D eigenvalue weighted by atomic mass is 79.9. The van der Waals surface area contributed by atoms with Crippen LogP contribution in [0, 0.1) is 0 Å². The first-order valence-electron chi connectivity index (χ1n) is 6.20. The third-order valence-corrected chi connectivity index (χ3v) is 3.01. The summed E-state index contributed by atoms with van der Waals surface area (Å²) in [6.07, 6.45) is -4.41. The molecular weight excluding hydrogens is 337 g/mol. The van der Waals surface area contributed by atoms with Gasteiger partial charge in [0.05, 0.1) is 6.54 Å². The summed E-state index contributed by atoms with van der Waals surface area (Å²) in [5, 5.41) is 5.50. The zero-order valence-electron chi connectivity index (χ0n) is 10.8. The highest BCUT2D eigenvalue weighted by Gasteiger charge is 2.25. The molecule has 1 rings (SSSR count). The minimum atomic E-state index is -4.10. The molecule has 0 saturated heterocycles. The second-order valence-corrected chi connectivity index (χ2v) is 5.22. The van der Waals surface area contributed by atoms with Crippen LogP contribution in [0.2, 0.25) is 0 Å². The van der Waals surface area contributed by atoms with Crippen LogP contribution in [-0.2, 0) is 4.79 Å². The smallest absolute Gasteiger partial charge is 0.325 e. The molecule has 0 aliphatic rings. The van der Waals surface area contributed by atoms with Gasteiger partial charge in [0.1, 0.15) is 0 Å². The molecule has 0 radical (unpaired) electrons.